The third-order valence-corrected chi connectivity index (χ3v) is 4.55. The number of fused-ring (bicyclic) bond motifs is 1. The van der Waals surface area contributed by atoms with Crippen molar-refractivity contribution in [2.75, 3.05) is 7.11 Å². The van der Waals surface area contributed by atoms with Crippen LogP contribution in [0.1, 0.15) is 33.7 Å². The van der Waals surface area contributed by atoms with Crippen molar-refractivity contribution in [1.82, 2.24) is 19.4 Å². The Balaban J connectivity index is 1.76. The number of benzene rings is 1. The summed E-state index contributed by atoms with van der Waals surface area (Å²) in [7, 11) is 1.63. The number of hydrogen-bond acceptors (Lipinski definition) is 5. The fourth-order valence-corrected chi connectivity index (χ4v) is 3.20. The molecular formula is C18H18N4O3. The van der Waals surface area contributed by atoms with Crippen LogP contribution in [0.3, 0.4) is 0 Å². The topological polar surface area (TPSA) is 73.4 Å². The summed E-state index contributed by atoms with van der Waals surface area (Å²) in [5.74, 6) is 1.98. The molecule has 7 heteroatoms. The van der Waals surface area contributed by atoms with Gasteiger partial charge in [0.05, 0.1) is 19.7 Å². The van der Waals surface area contributed by atoms with Crippen LogP contribution in [0.4, 0.5) is 0 Å². The standard InChI is InChI=1S/C18H18N4O3/c1-12-17(20-11-25-12)18(23)22-10-16-19-6-7-21(16)9-15(22)13-4-3-5-14(8-13)24-2/h3-8,11,15H,9-10H2,1-2H3/t15-/m1/s1. The molecule has 0 fully saturated rings. The first-order valence-corrected chi connectivity index (χ1v) is 8.02. The van der Waals surface area contributed by atoms with Gasteiger partial charge in [0, 0.05) is 18.9 Å². The van der Waals surface area contributed by atoms with Gasteiger partial charge in [0.25, 0.3) is 5.91 Å². The fourth-order valence-electron chi connectivity index (χ4n) is 3.20. The molecule has 0 saturated heterocycles. The monoisotopic (exact) mass is 338 g/mol. The third-order valence-electron chi connectivity index (χ3n) is 4.55. The number of ether oxygens (including phenoxy) is 1. The molecule has 7 nitrogen and oxygen atoms in total. The van der Waals surface area contributed by atoms with E-state index in [0.717, 1.165) is 17.1 Å². The summed E-state index contributed by atoms with van der Waals surface area (Å²) in [4.78, 5) is 23.3. The maximum atomic E-state index is 13.1. The normalized spacial score (nSPS) is 16.6. The number of imidazole rings is 1. The van der Waals surface area contributed by atoms with Gasteiger partial charge in [-0.2, -0.15) is 0 Å². The van der Waals surface area contributed by atoms with E-state index in [-0.39, 0.29) is 11.9 Å². The fraction of sp³-hybridized carbons (Fsp3) is 0.278. The molecule has 0 N–H and O–H groups in total. The predicted molar refractivity (Wildman–Crippen MR) is 89.1 cm³/mol. The van der Waals surface area contributed by atoms with Gasteiger partial charge in [-0.3, -0.25) is 4.79 Å². The Kier molecular flexibility index (Phi) is 3.76. The second kappa shape index (κ2) is 6.08. The van der Waals surface area contributed by atoms with Gasteiger partial charge in [-0.1, -0.05) is 12.1 Å². The summed E-state index contributed by atoms with van der Waals surface area (Å²) in [5.41, 5.74) is 1.35. The molecule has 1 aromatic carbocycles. The Morgan fingerprint density at radius 2 is 2.24 bits per heavy atom. The van der Waals surface area contributed by atoms with Crippen LogP contribution in [0.2, 0.25) is 0 Å². The van der Waals surface area contributed by atoms with Gasteiger partial charge in [-0.05, 0) is 24.6 Å². The van der Waals surface area contributed by atoms with Crippen molar-refractivity contribution in [3.63, 3.8) is 0 Å². The Morgan fingerprint density at radius 3 is 3.00 bits per heavy atom. The zero-order chi connectivity index (χ0) is 17.4. The largest absolute Gasteiger partial charge is 0.497 e. The molecule has 0 aliphatic carbocycles. The average Bonchev–Trinajstić information content (AvgIpc) is 3.28. The van der Waals surface area contributed by atoms with Crippen LogP contribution in [-0.2, 0) is 13.1 Å². The van der Waals surface area contributed by atoms with E-state index in [2.05, 4.69) is 14.5 Å². The van der Waals surface area contributed by atoms with Crippen LogP contribution in [0.15, 0.2) is 47.5 Å². The number of methoxy groups -OCH3 is 1. The molecule has 0 spiro atoms. The summed E-state index contributed by atoms with van der Waals surface area (Å²) < 4.78 is 12.6. The number of aryl methyl sites for hydroxylation is 1. The zero-order valence-corrected chi connectivity index (χ0v) is 14.0. The second-order valence-corrected chi connectivity index (χ2v) is 5.98. The number of nitrogens with zero attached hydrogens (tertiary/aromatic N) is 4. The smallest absolute Gasteiger partial charge is 0.277 e. The van der Waals surface area contributed by atoms with Crippen molar-refractivity contribution in [3.05, 3.63) is 65.9 Å². The van der Waals surface area contributed by atoms with Gasteiger partial charge in [-0.25, -0.2) is 9.97 Å². The van der Waals surface area contributed by atoms with E-state index >= 15 is 0 Å². The van der Waals surface area contributed by atoms with Crippen molar-refractivity contribution in [2.24, 2.45) is 0 Å². The third kappa shape index (κ3) is 2.67. The highest BCUT2D eigenvalue weighted by Crippen LogP contribution is 2.32. The Morgan fingerprint density at radius 1 is 1.36 bits per heavy atom. The molecular weight excluding hydrogens is 320 g/mol. The Labute approximate surface area is 144 Å². The lowest BCUT2D eigenvalue weighted by molar-refractivity contribution is 0.0577. The first-order chi connectivity index (χ1) is 12.2. The van der Waals surface area contributed by atoms with Crippen LogP contribution in [-0.4, -0.2) is 32.5 Å². The summed E-state index contributed by atoms with van der Waals surface area (Å²) >= 11 is 0. The SMILES string of the molecule is COc1cccc([C@H]2Cn3ccnc3CN2C(=O)c2ncoc2C)c1. The summed E-state index contributed by atoms with van der Waals surface area (Å²) in [6.07, 6.45) is 4.99. The van der Waals surface area contributed by atoms with Crippen molar-refractivity contribution in [2.45, 2.75) is 26.1 Å². The van der Waals surface area contributed by atoms with E-state index in [1.54, 1.807) is 25.1 Å². The van der Waals surface area contributed by atoms with E-state index in [9.17, 15) is 4.79 Å². The van der Waals surface area contributed by atoms with Gasteiger partial charge in [-0.15, -0.1) is 0 Å². The minimum atomic E-state index is -0.159. The van der Waals surface area contributed by atoms with Crippen LogP contribution >= 0.6 is 0 Å². The quantitative estimate of drug-likeness (QED) is 0.734. The van der Waals surface area contributed by atoms with E-state index in [1.165, 1.54) is 6.39 Å². The zero-order valence-electron chi connectivity index (χ0n) is 14.0. The van der Waals surface area contributed by atoms with Crippen LogP contribution in [0, 0.1) is 6.92 Å². The lowest BCUT2D eigenvalue weighted by atomic mass is 10.0. The lowest BCUT2D eigenvalue weighted by Gasteiger charge is -2.36. The van der Waals surface area contributed by atoms with Gasteiger partial charge < -0.3 is 18.6 Å². The number of hydrogen-bond donors (Lipinski definition) is 0. The van der Waals surface area contributed by atoms with Crippen molar-refractivity contribution >= 4 is 5.91 Å². The molecule has 1 atom stereocenters. The molecule has 0 bridgehead atoms. The predicted octanol–water partition coefficient (Wildman–Crippen LogP) is 2.59. The number of carbonyl (C=O) groups excluding carboxylic acids is 1. The van der Waals surface area contributed by atoms with Crippen LogP contribution < -0.4 is 4.74 Å². The van der Waals surface area contributed by atoms with Crippen LogP contribution in [0.25, 0.3) is 0 Å². The minimum Gasteiger partial charge on any atom is -0.497 e. The van der Waals surface area contributed by atoms with Gasteiger partial charge in [0.2, 0.25) is 0 Å². The molecule has 3 aromatic rings. The molecule has 4 rings (SSSR count). The number of aromatic nitrogens is 3. The number of oxazole rings is 1. The summed E-state index contributed by atoms with van der Waals surface area (Å²) in [6, 6.07) is 7.65. The van der Waals surface area contributed by atoms with Crippen molar-refractivity contribution in [1.29, 1.82) is 0 Å². The molecule has 1 aliphatic rings. The highest BCUT2D eigenvalue weighted by Gasteiger charge is 2.34. The Bertz CT molecular complexity index is 914. The minimum absolute atomic E-state index is 0.139. The van der Waals surface area contributed by atoms with Gasteiger partial charge >= 0.3 is 0 Å². The molecule has 3 heterocycles. The van der Waals surface area contributed by atoms with E-state index in [0.29, 0.717) is 24.5 Å². The molecule has 0 unspecified atom stereocenters. The summed E-state index contributed by atoms with van der Waals surface area (Å²) in [6.45, 7) is 2.79. The second-order valence-electron chi connectivity index (χ2n) is 5.98. The van der Waals surface area contributed by atoms with Crippen molar-refractivity contribution < 1.29 is 13.9 Å². The van der Waals surface area contributed by atoms with Crippen LogP contribution in [0.5, 0.6) is 5.75 Å². The molecule has 2 aromatic heterocycles. The molecule has 0 radical (unpaired) electrons. The van der Waals surface area contributed by atoms with E-state index in [4.69, 9.17) is 9.15 Å². The van der Waals surface area contributed by atoms with Gasteiger partial charge in [0.15, 0.2) is 12.1 Å². The summed E-state index contributed by atoms with van der Waals surface area (Å²) in [5, 5.41) is 0. The lowest BCUT2D eigenvalue weighted by Crippen LogP contribution is -2.41. The maximum absolute atomic E-state index is 13.1. The maximum Gasteiger partial charge on any atom is 0.277 e. The number of rotatable bonds is 3. The number of amides is 1. The van der Waals surface area contributed by atoms with E-state index in [1.807, 2.05) is 30.5 Å². The highest BCUT2D eigenvalue weighted by atomic mass is 16.5. The first kappa shape index (κ1) is 15.4. The molecule has 128 valence electrons. The highest BCUT2D eigenvalue weighted by molar-refractivity contribution is 5.93. The first-order valence-electron chi connectivity index (χ1n) is 8.02. The molecule has 25 heavy (non-hydrogen) atoms. The molecule has 1 amide bonds. The average molecular weight is 338 g/mol. The molecule has 1 aliphatic heterocycles. The van der Waals surface area contributed by atoms with E-state index < -0.39 is 0 Å². The van der Waals surface area contributed by atoms with Crippen molar-refractivity contribution in [3.8, 4) is 5.75 Å². The number of carbonyl (C=O) groups is 1. The molecule has 0 saturated carbocycles. The Hall–Kier alpha value is -3.09. The van der Waals surface area contributed by atoms with Gasteiger partial charge in [0.1, 0.15) is 17.3 Å².